The molecule has 0 aliphatic heterocycles. The van der Waals surface area contributed by atoms with E-state index in [9.17, 15) is 9.59 Å². The first-order chi connectivity index (χ1) is 5.70. The van der Waals surface area contributed by atoms with Crippen molar-refractivity contribution in [3.63, 3.8) is 0 Å². The molecule has 6 heteroatoms. The lowest BCUT2D eigenvalue weighted by molar-refractivity contribution is -0.259. The summed E-state index contributed by atoms with van der Waals surface area (Å²) in [5, 5.41) is 16.4. The maximum Gasteiger partial charge on any atom is 0.357 e. The molecule has 2 N–H and O–H groups in total. The van der Waals surface area contributed by atoms with Crippen LogP contribution in [0.2, 0.25) is 0 Å². The molecule has 0 rings (SSSR count). The van der Waals surface area contributed by atoms with Crippen molar-refractivity contribution >= 4 is 11.9 Å². The number of carbonyl (C=O) groups excluding carboxylic acids is 2. The fourth-order valence-corrected chi connectivity index (χ4v) is 0.359. The van der Waals surface area contributed by atoms with Gasteiger partial charge in [0.2, 0.25) is 0 Å². The van der Waals surface area contributed by atoms with Gasteiger partial charge in [-0.3, -0.25) is 0 Å². The molecule has 0 heterocycles. The molecule has 0 saturated carbocycles. The van der Waals surface area contributed by atoms with Gasteiger partial charge in [-0.1, -0.05) is 0 Å². The van der Waals surface area contributed by atoms with Crippen LogP contribution in [0.15, 0.2) is 0 Å². The van der Waals surface area contributed by atoms with Crippen molar-refractivity contribution in [2.45, 2.75) is 12.8 Å². The molecule has 12 heavy (non-hydrogen) atoms. The summed E-state index contributed by atoms with van der Waals surface area (Å²) in [5.74, 6) is -1.66. The molecule has 0 aliphatic rings. The first kappa shape index (κ1) is 10.9. The zero-order chi connectivity index (χ0) is 9.40. The van der Waals surface area contributed by atoms with Gasteiger partial charge in [-0.2, -0.15) is 0 Å². The van der Waals surface area contributed by atoms with Crippen LogP contribution in [0.25, 0.3) is 0 Å². The molecule has 0 aliphatic carbocycles. The van der Waals surface area contributed by atoms with E-state index in [0.29, 0.717) is 0 Å². The van der Waals surface area contributed by atoms with Crippen molar-refractivity contribution in [3.05, 3.63) is 0 Å². The lowest BCUT2D eigenvalue weighted by Gasteiger charge is -1.99. The molecule has 70 valence electrons. The molecule has 6 nitrogen and oxygen atoms in total. The normalized spacial score (nSPS) is 9.17. The maximum absolute atomic E-state index is 10.4. The van der Waals surface area contributed by atoms with E-state index in [1.54, 1.807) is 0 Å². The topological polar surface area (TPSA) is 93.1 Å². The predicted molar refractivity (Wildman–Crippen MR) is 35.6 cm³/mol. The van der Waals surface area contributed by atoms with Gasteiger partial charge < -0.3 is 10.2 Å². The zero-order valence-corrected chi connectivity index (χ0v) is 6.36. The average Bonchev–Trinajstić information content (AvgIpc) is 2.02. The minimum absolute atomic E-state index is 0.230. The molecule has 0 spiro atoms. The highest BCUT2D eigenvalue weighted by Gasteiger charge is 2.07. The maximum atomic E-state index is 10.4. The second kappa shape index (κ2) is 6.56. The lowest BCUT2D eigenvalue weighted by Crippen LogP contribution is -2.12. The van der Waals surface area contributed by atoms with Crippen molar-refractivity contribution < 1.29 is 29.6 Å². The molecule has 0 fully saturated rings. The first-order valence-electron chi connectivity index (χ1n) is 3.32. The number of hydrogen-bond acceptors (Lipinski definition) is 6. The Morgan fingerprint density at radius 3 is 1.50 bits per heavy atom. The summed E-state index contributed by atoms with van der Waals surface area (Å²) in [4.78, 5) is 28.7. The number of hydrogen-bond donors (Lipinski definition) is 2. The number of rotatable bonds is 4. The summed E-state index contributed by atoms with van der Waals surface area (Å²) < 4.78 is 0. The smallest absolute Gasteiger partial charge is 0.357 e. The zero-order valence-electron chi connectivity index (χ0n) is 6.36. The molecular formula is C6H10O6. The van der Waals surface area contributed by atoms with Crippen molar-refractivity contribution in [2.24, 2.45) is 0 Å². The first-order valence-corrected chi connectivity index (χ1v) is 3.32. The lowest BCUT2D eigenvalue weighted by atomic mass is 10.5. The van der Waals surface area contributed by atoms with Crippen LogP contribution in [-0.4, -0.2) is 35.4 Å². The Kier molecular flexibility index (Phi) is 5.94. The Morgan fingerprint density at radius 1 is 0.917 bits per heavy atom. The second-order valence-electron chi connectivity index (χ2n) is 1.86. The summed E-state index contributed by atoms with van der Waals surface area (Å²) in [6.45, 7) is -0.729. The third-order valence-corrected chi connectivity index (χ3v) is 0.859. The van der Waals surface area contributed by atoms with Gasteiger partial charge in [0, 0.05) is 0 Å². The van der Waals surface area contributed by atoms with Crippen LogP contribution >= 0.6 is 0 Å². The summed E-state index contributed by atoms with van der Waals surface area (Å²) in [6, 6.07) is 0. The van der Waals surface area contributed by atoms with Gasteiger partial charge in [-0.15, -0.1) is 0 Å². The van der Waals surface area contributed by atoms with Gasteiger partial charge in [0.25, 0.3) is 0 Å². The van der Waals surface area contributed by atoms with E-state index in [-0.39, 0.29) is 26.1 Å². The molecule has 0 amide bonds. The molecule has 0 saturated heterocycles. The fourth-order valence-electron chi connectivity index (χ4n) is 0.359. The SMILES string of the molecule is O=C(CCO)OOC(=O)CCO. The van der Waals surface area contributed by atoms with Crippen LogP contribution in [0.4, 0.5) is 0 Å². The summed E-state index contributed by atoms with van der Waals surface area (Å²) in [5.41, 5.74) is 0. The molecule has 0 unspecified atom stereocenters. The Hall–Kier alpha value is -1.14. The Bertz CT molecular complexity index is 136. The largest absolute Gasteiger partial charge is 0.396 e. The summed E-state index contributed by atoms with van der Waals surface area (Å²) in [6.07, 6.45) is -0.460. The van der Waals surface area contributed by atoms with Crippen LogP contribution in [0, 0.1) is 0 Å². The predicted octanol–water partition coefficient (Wildman–Crippen LogP) is -1.25. The molecule has 0 aromatic rings. The minimum atomic E-state index is -0.830. The fraction of sp³-hybridized carbons (Fsp3) is 0.667. The Labute approximate surface area is 68.6 Å². The molecular weight excluding hydrogens is 168 g/mol. The van der Waals surface area contributed by atoms with Crippen molar-refractivity contribution in [1.82, 2.24) is 0 Å². The van der Waals surface area contributed by atoms with Crippen LogP contribution < -0.4 is 0 Å². The summed E-state index contributed by atoms with van der Waals surface area (Å²) >= 11 is 0. The van der Waals surface area contributed by atoms with E-state index < -0.39 is 11.9 Å². The van der Waals surface area contributed by atoms with Gasteiger partial charge in [0.15, 0.2) is 0 Å². The molecule has 0 atom stereocenters. The number of carbonyl (C=O) groups is 2. The van der Waals surface area contributed by atoms with Gasteiger partial charge in [0.05, 0.1) is 26.1 Å². The summed E-state index contributed by atoms with van der Waals surface area (Å²) in [7, 11) is 0. The van der Waals surface area contributed by atoms with Crippen LogP contribution in [-0.2, 0) is 19.4 Å². The van der Waals surface area contributed by atoms with E-state index in [1.165, 1.54) is 0 Å². The van der Waals surface area contributed by atoms with Crippen molar-refractivity contribution in [3.8, 4) is 0 Å². The van der Waals surface area contributed by atoms with E-state index in [0.717, 1.165) is 0 Å². The highest BCUT2D eigenvalue weighted by molar-refractivity contribution is 5.72. The standard InChI is InChI=1S/C6H10O6/c7-3-1-5(9)11-12-6(10)2-4-8/h7-8H,1-4H2. The van der Waals surface area contributed by atoms with Crippen molar-refractivity contribution in [1.29, 1.82) is 0 Å². The molecule has 0 aromatic carbocycles. The number of aliphatic hydroxyl groups excluding tert-OH is 2. The van der Waals surface area contributed by atoms with E-state index >= 15 is 0 Å². The van der Waals surface area contributed by atoms with Crippen LogP contribution in [0.1, 0.15) is 12.8 Å². The van der Waals surface area contributed by atoms with Crippen molar-refractivity contribution in [2.75, 3.05) is 13.2 Å². The quantitative estimate of drug-likeness (QED) is 0.413. The van der Waals surface area contributed by atoms with Gasteiger partial charge >= 0.3 is 11.9 Å². The van der Waals surface area contributed by atoms with Crippen LogP contribution in [0.3, 0.4) is 0 Å². The average molecular weight is 178 g/mol. The Morgan fingerprint density at radius 2 is 1.25 bits per heavy atom. The monoisotopic (exact) mass is 178 g/mol. The second-order valence-corrected chi connectivity index (χ2v) is 1.86. The van der Waals surface area contributed by atoms with Gasteiger partial charge in [0.1, 0.15) is 0 Å². The van der Waals surface area contributed by atoms with E-state index in [1.807, 2.05) is 0 Å². The third kappa shape index (κ3) is 5.63. The van der Waals surface area contributed by atoms with Crippen LogP contribution in [0.5, 0.6) is 0 Å². The highest BCUT2D eigenvalue weighted by atomic mass is 17.2. The van der Waals surface area contributed by atoms with E-state index in [4.69, 9.17) is 10.2 Å². The van der Waals surface area contributed by atoms with Gasteiger partial charge in [-0.05, 0) is 0 Å². The molecule has 0 radical (unpaired) electrons. The highest BCUT2D eigenvalue weighted by Crippen LogP contribution is 1.90. The third-order valence-electron chi connectivity index (χ3n) is 0.859. The van der Waals surface area contributed by atoms with Gasteiger partial charge in [-0.25, -0.2) is 19.4 Å². The molecule has 0 bridgehead atoms. The van der Waals surface area contributed by atoms with E-state index in [2.05, 4.69) is 9.78 Å². The minimum Gasteiger partial charge on any atom is -0.396 e. The molecule has 0 aromatic heterocycles. The number of aliphatic hydroxyl groups is 2. The Balaban J connectivity index is 3.40.